The van der Waals surface area contributed by atoms with Crippen LogP contribution >= 0.6 is 27.3 Å². The Morgan fingerprint density at radius 2 is 1.61 bits per heavy atom. The van der Waals surface area contributed by atoms with Crippen LogP contribution in [-0.4, -0.2) is 5.11 Å². The number of halogens is 1. The molecule has 1 N–H and O–H groups in total. The highest BCUT2D eigenvalue weighted by molar-refractivity contribution is 9.11. The van der Waals surface area contributed by atoms with Gasteiger partial charge < -0.3 is 5.11 Å². The van der Waals surface area contributed by atoms with Gasteiger partial charge in [0.2, 0.25) is 0 Å². The van der Waals surface area contributed by atoms with Crippen LogP contribution in [0.3, 0.4) is 0 Å². The van der Waals surface area contributed by atoms with E-state index in [-0.39, 0.29) is 0 Å². The van der Waals surface area contributed by atoms with Crippen molar-refractivity contribution in [3.8, 4) is 0 Å². The normalized spacial score (nSPS) is 12.8. The Kier molecular flexibility index (Phi) is 3.95. The molecule has 1 atom stereocenters. The number of aliphatic hydroxyl groups excluding tert-OH is 1. The van der Waals surface area contributed by atoms with Crippen LogP contribution in [0.5, 0.6) is 0 Å². The Labute approximate surface area is 121 Å². The molecule has 2 aromatic rings. The SMILES string of the molecule is Cc1cc(C)c(C)c(C(O)c2csc(Br)c2)c1C. The Bertz CT molecular complexity index is 560. The summed E-state index contributed by atoms with van der Waals surface area (Å²) in [6.45, 7) is 8.37. The van der Waals surface area contributed by atoms with E-state index in [1.807, 2.05) is 11.4 Å². The van der Waals surface area contributed by atoms with Crippen LogP contribution in [0.15, 0.2) is 21.3 Å². The van der Waals surface area contributed by atoms with Crippen molar-refractivity contribution >= 4 is 27.3 Å². The molecule has 0 aliphatic rings. The topological polar surface area (TPSA) is 20.2 Å². The van der Waals surface area contributed by atoms with Gasteiger partial charge in [-0.25, -0.2) is 0 Å². The van der Waals surface area contributed by atoms with Gasteiger partial charge in [-0.2, -0.15) is 0 Å². The van der Waals surface area contributed by atoms with Crippen LogP contribution in [0.4, 0.5) is 0 Å². The van der Waals surface area contributed by atoms with Gasteiger partial charge in [0.1, 0.15) is 6.10 Å². The van der Waals surface area contributed by atoms with E-state index in [0.717, 1.165) is 14.9 Å². The minimum Gasteiger partial charge on any atom is -0.384 e. The lowest BCUT2D eigenvalue weighted by molar-refractivity contribution is 0.219. The Morgan fingerprint density at radius 1 is 1.06 bits per heavy atom. The summed E-state index contributed by atoms with van der Waals surface area (Å²) < 4.78 is 1.05. The molecular formula is C15H17BrOS. The van der Waals surface area contributed by atoms with Gasteiger partial charge in [0.05, 0.1) is 3.79 Å². The monoisotopic (exact) mass is 324 g/mol. The van der Waals surface area contributed by atoms with Crippen LogP contribution < -0.4 is 0 Å². The van der Waals surface area contributed by atoms with E-state index in [9.17, 15) is 5.11 Å². The second-order valence-electron chi connectivity index (χ2n) is 4.76. The number of aryl methyl sites for hydroxylation is 2. The lowest BCUT2D eigenvalue weighted by Gasteiger charge is -2.19. The number of thiophene rings is 1. The molecular weight excluding hydrogens is 308 g/mol. The van der Waals surface area contributed by atoms with Crippen molar-refractivity contribution in [1.82, 2.24) is 0 Å². The summed E-state index contributed by atoms with van der Waals surface area (Å²) in [7, 11) is 0. The fourth-order valence-corrected chi connectivity index (χ4v) is 3.49. The summed E-state index contributed by atoms with van der Waals surface area (Å²) in [5.74, 6) is 0. The largest absolute Gasteiger partial charge is 0.384 e. The van der Waals surface area contributed by atoms with Crippen LogP contribution in [0, 0.1) is 27.7 Å². The molecule has 18 heavy (non-hydrogen) atoms. The quantitative estimate of drug-likeness (QED) is 0.839. The lowest BCUT2D eigenvalue weighted by atomic mass is 9.89. The molecule has 0 spiro atoms. The predicted octanol–water partition coefficient (Wildman–Crippen LogP) is 4.83. The second kappa shape index (κ2) is 5.16. The maximum atomic E-state index is 10.6. The van der Waals surface area contributed by atoms with Crippen molar-refractivity contribution in [3.05, 3.63) is 54.7 Å². The van der Waals surface area contributed by atoms with Gasteiger partial charge in [-0.15, -0.1) is 11.3 Å². The van der Waals surface area contributed by atoms with Gasteiger partial charge in [-0.1, -0.05) is 6.07 Å². The standard InChI is InChI=1S/C15H17BrOS/c1-8-5-9(2)11(4)14(10(8)3)15(17)12-6-13(16)18-7-12/h5-7,15,17H,1-4H3. The van der Waals surface area contributed by atoms with Gasteiger partial charge in [0.15, 0.2) is 0 Å². The highest BCUT2D eigenvalue weighted by Crippen LogP contribution is 2.34. The molecule has 0 aliphatic carbocycles. The van der Waals surface area contributed by atoms with Crippen LogP contribution in [0.2, 0.25) is 0 Å². The summed E-state index contributed by atoms with van der Waals surface area (Å²) in [6, 6.07) is 4.18. The molecule has 1 nitrogen and oxygen atoms in total. The fourth-order valence-electron chi connectivity index (χ4n) is 2.29. The third-order valence-electron chi connectivity index (χ3n) is 3.60. The molecule has 0 radical (unpaired) electrons. The van der Waals surface area contributed by atoms with E-state index in [0.29, 0.717) is 0 Å². The van der Waals surface area contributed by atoms with Crippen molar-refractivity contribution in [2.45, 2.75) is 33.8 Å². The lowest BCUT2D eigenvalue weighted by Crippen LogP contribution is -2.06. The zero-order valence-corrected chi connectivity index (χ0v) is 13.4. The first-order valence-electron chi connectivity index (χ1n) is 5.91. The molecule has 0 fully saturated rings. The molecule has 1 aromatic carbocycles. The molecule has 1 aromatic heterocycles. The summed E-state index contributed by atoms with van der Waals surface area (Å²) in [5.41, 5.74) is 6.87. The van der Waals surface area contributed by atoms with Gasteiger partial charge in [-0.05, 0) is 88.5 Å². The first-order chi connectivity index (χ1) is 8.41. The molecule has 0 aliphatic heterocycles. The van der Waals surface area contributed by atoms with Gasteiger partial charge in [-0.3, -0.25) is 0 Å². The van der Waals surface area contributed by atoms with Crippen molar-refractivity contribution in [3.63, 3.8) is 0 Å². The fraction of sp³-hybridized carbons (Fsp3) is 0.333. The summed E-state index contributed by atoms with van der Waals surface area (Å²) >= 11 is 5.05. The molecule has 0 bridgehead atoms. The third kappa shape index (κ3) is 2.40. The third-order valence-corrected chi connectivity index (χ3v) is 5.12. The van der Waals surface area contributed by atoms with E-state index in [1.54, 1.807) is 11.3 Å². The zero-order valence-electron chi connectivity index (χ0n) is 11.0. The Morgan fingerprint density at radius 3 is 2.06 bits per heavy atom. The molecule has 1 unspecified atom stereocenters. The molecule has 0 saturated carbocycles. The summed E-state index contributed by atoms with van der Waals surface area (Å²) in [5, 5.41) is 12.6. The highest BCUT2D eigenvalue weighted by Gasteiger charge is 2.19. The number of rotatable bonds is 2. The van der Waals surface area contributed by atoms with Gasteiger partial charge in [0, 0.05) is 0 Å². The maximum absolute atomic E-state index is 10.6. The van der Waals surface area contributed by atoms with E-state index in [4.69, 9.17) is 0 Å². The first-order valence-corrected chi connectivity index (χ1v) is 7.58. The Hall–Kier alpha value is -0.640. The maximum Gasteiger partial charge on any atom is 0.105 e. The number of hydrogen-bond donors (Lipinski definition) is 1. The van der Waals surface area contributed by atoms with E-state index in [2.05, 4.69) is 49.7 Å². The molecule has 0 amide bonds. The van der Waals surface area contributed by atoms with E-state index < -0.39 is 6.10 Å². The second-order valence-corrected chi connectivity index (χ2v) is 7.05. The minimum atomic E-state index is -0.536. The molecule has 1 heterocycles. The van der Waals surface area contributed by atoms with Crippen molar-refractivity contribution in [2.24, 2.45) is 0 Å². The zero-order chi connectivity index (χ0) is 13.4. The molecule has 0 saturated heterocycles. The average Bonchev–Trinajstić information content (AvgIpc) is 2.73. The molecule has 2 rings (SSSR count). The number of benzene rings is 1. The average molecular weight is 325 g/mol. The van der Waals surface area contributed by atoms with Gasteiger partial charge in [0.25, 0.3) is 0 Å². The number of aliphatic hydroxyl groups is 1. The smallest absolute Gasteiger partial charge is 0.105 e. The van der Waals surface area contributed by atoms with Crippen LogP contribution in [0.25, 0.3) is 0 Å². The van der Waals surface area contributed by atoms with Gasteiger partial charge >= 0.3 is 0 Å². The predicted molar refractivity (Wildman–Crippen MR) is 81.5 cm³/mol. The minimum absolute atomic E-state index is 0.536. The summed E-state index contributed by atoms with van der Waals surface area (Å²) in [6.07, 6.45) is -0.536. The van der Waals surface area contributed by atoms with Crippen LogP contribution in [-0.2, 0) is 0 Å². The molecule has 3 heteroatoms. The number of hydrogen-bond acceptors (Lipinski definition) is 2. The van der Waals surface area contributed by atoms with E-state index in [1.165, 1.54) is 22.3 Å². The van der Waals surface area contributed by atoms with Crippen molar-refractivity contribution < 1.29 is 5.11 Å². The van der Waals surface area contributed by atoms with Crippen molar-refractivity contribution in [2.75, 3.05) is 0 Å². The highest BCUT2D eigenvalue weighted by atomic mass is 79.9. The molecule has 96 valence electrons. The first kappa shape index (κ1) is 13.8. The Balaban J connectivity index is 2.57. The summed E-state index contributed by atoms with van der Waals surface area (Å²) in [4.78, 5) is 0. The van der Waals surface area contributed by atoms with Crippen LogP contribution in [0.1, 0.15) is 39.5 Å². The van der Waals surface area contributed by atoms with Crippen molar-refractivity contribution in [1.29, 1.82) is 0 Å². The van der Waals surface area contributed by atoms with E-state index >= 15 is 0 Å².